The summed E-state index contributed by atoms with van der Waals surface area (Å²) in [6, 6.07) is 13.2. The predicted octanol–water partition coefficient (Wildman–Crippen LogP) is 3.70. The minimum Gasteiger partial charge on any atom is -0.432 e. The van der Waals surface area contributed by atoms with Crippen LogP contribution in [-0.4, -0.2) is 25.6 Å². The number of nitro benzene ring substituents is 1. The lowest BCUT2D eigenvalue weighted by atomic mass is 10.1. The first-order chi connectivity index (χ1) is 13.4. The molecule has 2 aromatic carbocycles. The molecule has 0 unspecified atom stereocenters. The van der Waals surface area contributed by atoms with Gasteiger partial charge in [-0.1, -0.05) is 12.1 Å². The molecule has 2 heterocycles. The second kappa shape index (κ2) is 6.62. The SMILES string of the molecule is Cc1cc(-c2ccc(NC(=O)c3nc4ccccc4o3)cc2[N+](=O)[O-])n(C)n1. The fourth-order valence-electron chi connectivity index (χ4n) is 2.99. The van der Waals surface area contributed by atoms with E-state index in [2.05, 4.69) is 15.4 Å². The molecule has 0 saturated heterocycles. The van der Waals surface area contributed by atoms with Gasteiger partial charge in [0, 0.05) is 18.8 Å². The standard InChI is InChI=1S/C19H15N5O4/c1-11-9-15(23(2)22-11)13-8-7-12(10-16(13)24(26)27)20-18(25)19-21-14-5-3-4-6-17(14)28-19/h3-10H,1-2H3,(H,20,25). The lowest BCUT2D eigenvalue weighted by Gasteiger charge is -2.07. The van der Waals surface area contributed by atoms with Gasteiger partial charge in [0.25, 0.3) is 11.6 Å². The van der Waals surface area contributed by atoms with Crippen molar-refractivity contribution in [3.63, 3.8) is 0 Å². The van der Waals surface area contributed by atoms with Gasteiger partial charge in [-0.15, -0.1) is 0 Å². The first-order valence-corrected chi connectivity index (χ1v) is 8.39. The molecule has 1 N–H and O–H groups in total. The highest BCUT2D eigenvalue weighted by atomic mass is 16.6. The summed E-state index contributed by atoms with van der Waals surface area (Å²) in [6.45, 7) is 1.81. The number of para-hydroxylation sites is 2. The van der Waals surface area contributed by atoms with E-state index in [1.807, 2.05) is 6.92 Å². The minimum absolute atomic E-state index is 0.116. The lowest BCUT2D eigenvalue weighted by Crippen LogP contribution is -2.12. The molecular weight excluding hydrogens is 362 g/mol. The van der Waals surface area contributed by atoms with Gasteiger partial charge in [-0.05, 0) is 37.3 Å². The number of nitro groups is 1. The summed E-state index contributed by atoms with van der Waals surface area (Å²) < 4.78 is 7.00. The van der Waals surface area contributed by atoms with E-state index in [9.17, 15) is 14.9 Å². The quantitative estimate of drug-likeness (QED) is 0.428. The van der Waals surface area contributed by atoms with Crippen LogP contribution in [0.2, 0.25) is 0 Å². The van der Waals surface area contributed by atoms with E-state index in [0.29, 0.717) is 22.4 Å². The van der Waals surface area contributed by atoms with E-state index >= 15 is 0 Å². The van der Waals surface area contributed by atoms with Gasteiger partial charge >= 0.3 is 5.91 Å². The van der Waals surface area contributed by atoms with Gasteiger partial charge < -0.3 is 9.73 Å². The molecule has 0 saturated carbocycles. The summed E-state index contributed by atoms with van der Waals surface area (Å²) in [5, 5.41) is 18.4. The molecule has 1 amide bonds. The van der Waals surface area contributed by atoms with Gasteiger partial charge in [-0.25, -0.2) is 4.98 Å². The highest BCUT2D eigenvalue weighted by Gasteiger charge is 2.21. The van der Waals surface area contributed by atoms with Crippen LogP contribution in [0, 0.1) is 17.0 Å². The highest BCUT2D eigenvalue weighted by Crippen LogP contribution is 2.32. The second-order valence-corrected chi connectivity index (χ2v) is 6.22. The molecule has 9 heteroatoms. The summed E-state index contributed by atoms with van der Waals surface area (Å²) in [5.41, 5.74) is 2.94. The molecule has 0 bridgehead atoms. The molecule has 28 heavy (non-hydrogen) atoms. The number of amides is 1. The molecule has 140 valence electrons. The van der Waals surface area contributed by atoms with Crippen LogP contribution in [0.25, 0.3) is 22.4 Å². The van der Waals surface area contributed by atoms with Gasteiger partial charge in [0.15, 0.2) is 5.58 Å². The van der Waals surface area contributed by atoms with Gasteiger partial charge in [-0.2, -0.15) is 5.10 Å². The molecule has 0 atom stereocenters. The van der Waals surface area contributed by atoms with Crippen LogP contribution < -0.4 is 5.32 Å². The average molecular weight is 377 g/mol. The van der Waals surface area contributed by atoms with Crippen molar-refractivity contribution in [3.05, 3.63) is 70.2 Å². The largest absolute Gasteiger partial charge is 0.432 e. The number of nitrogens with zero attached hydrogens (tertiary/aromatic N) is 4. The number of carbonyl (C=O) groups excluding carboxylic acids is 1. The fraction of sp³-hybridized carbons (Fsp3) is 0.105. The maximum atomic E-state index is 12.4. The van der Waals surface area contributed by atoms with Crippen molar-refractivity contribution in [1.29, 1.82) is 0 Å². The molecule has 0 radical (unpaired) electrons. The molecule has 0 spiro atoms. The van der Waals surface area contributed by atoms with Crippen LogP contribution in [0.3, 0.4) is 0 Å². The van der Waals surface area contributed by atoms with Crippen LogP contribution in [0.15, 0.2) is 52.9 Å². The zero-order valence-corrected chi connectivity index (χ0v) is 15.0. The summed E-state index contributed by atoms with van der Waals surface area (Å²) in [4.78, 5) is 27.6. The van der Waals surface area contributed by atoms with Crippen molar-refractivity contribution in [1.82, 2.24) is 14.8 Å². The van der Waals surface area contributed by atoms with Crippen molar-refractivity contribution in [2.45, 2.75) is 6.92 Å². The number of nitrogens with one attached hydrogen (secondary N) is 1. The topological polar surface area (TPSA) is 116 Å². The monoisotopic (exact) mass is 377 g/mol. The first kappa shape index (κ1) is 17.4. The van der Waals surface area contributed by atoms with E-state index in [1.165, 1.54) is 6.07 Å². The van der Waals surface area contributed by atoms with Crippen LogP contribution in [0.1, 0.15) is 16.4 Å². The van der Waals surface area contributed by atoms with Crippen molar-refractivity contribution in [2.75, 3.05) is 5.32 Å². The van der Waals surface area contributed by atoms with Crippen LogP contribution in [0.4, 0.5) is 11.4 Å². The number of hydrogen-bond donors (Lipinski definition) is 1. The van der Waals surface area contributed by atoms with Gasteiger partial charge in [0.05, 0.1) is 21.9 Å². The van der Waals surface area contributed by atoms with Gasteiger partial charge in [0.1, 0.15) is 5.52 Å². The molecule has 4 rings (SSSR count). The zero-order chi connectivity index (χ0) is 19.8. The number of fused-ring (bicyclic) bond motifs is 1. The summed E-state index contributed by atoms with van der Waals surface area (Å²) in [7, 11) is 1.72. The molecule has 0 aliphatic carbocycles. The number of rotatable bonds is 4. The predicted molar refractivity (Wildman–Crippen MR) is 102 cm³/mol. The van der Waals surface area contributed by atoms with Crippen LogP contribution >= 0.6 is 0 Å². The lowest BCUT2D eigenvalue weighted by molar-refractivity contribution is -0.384. The molecule has 4 aromatic rings. The Balaban J connectivity index is 1.66. The van der Waals surface area contributed by atoms with E-state index < -0.39 is 10.8 Å². The Morgan fingerprint density at radius 1 is 1.21 bits per heavy atom. The number of oxazole rings is 1. The molecule has 0 fully saturated rings. The zero-order valence-electron chi connectivity index (χ0n) is 15.0. The number of carbonyl (C=O) groups is 1. The average Bonchev–Trinajstić information content (AvgIpc) is 3.24. The number of benzene rings is 2. The third-order valence-electron chi connectivity index (χ3n) is 4.22. The number of aryl methyl sites for hydroxylation is 2. The summed E-state index contributed by atoms with van der Waals surface area (Å²) in [6.07, 6.45) is 0. The van der Waals surface area contributed by atoms with Crippen molar-refractivity contribution in [2.24, 2.45) is 7.05 Å². The van der Waals surface area contributed by atoms with Gasteiger partial charge in [-0.3, -0.25) is 19.6 Å². The van der Waals surface area contributed by atoms with E-state index in [0.717, 1.165) is 5.69 Å². The number of hydrogen-bond acceptors (Lipinski definition) is 6. The number of anilines is 1. The summed E-state index contributed by atoms with van der Waals surface area (Å²) >= 11 is 0. The van der Waals surface area contributed by atoms with E-state index in [-0.39, 0.29) is 17.3 Å². The van der Waals surface area contributed by atoms with Crippen molar-refractivity contribution in [3.8, 4) is 11.3 Å². The third kappa shape index (κ3) is 3.09. The maximum absolute atomic E-state index is 12.4. The third-order valence-corrected chi connectivity index (χ3v) is 4.22. The maximum Gasteiger partial charge on any atom is 0.311 e. The van der Waals surface area contributed by atoms with Crippen LogP contribution in [0.5, 0.6) is 0 Å². The number of aromatic nitrogens is 3. The molecule has 0 aliphatic heterocycles. The molecule has 0 aliphatic rings. The fourth-order valence-corrected chi connectivity index (χ4v) is 2.99. The van der Waals surface area contributed by atoms with E-state index in [1.54, 1.807) is 54.2 Å². The van der Waals surface area contributed by atoms with Crippen molar-refractivity contribution >= 4 is 28.4 Å². The Hall–Kier alpha value is -4.01. The molecule has 9 nitrogen and oxygen atoms in total. The van der Waals surface area contributed by atoms with Gasteiger partial charge in [0.2, 0.25) is 0 Å². The van der Waals surface area contributed by atoms with Crippen LogP contribution in [-0.2, 0) is 7.05 Å². The normalized spacial score (nSPS) is 10.9. The Morgan fingerprint density at radius 3 is 2.68 bits per heavy atom. The Bertz CT molecular complexity index is 1190. The smallest absolute Gasteiger partial charge is 0.311 e. The first-order valence-electron chi connectivity index (χ1n) is 8.39. The Labute approximate surface area is 158 Å². The Morgan fingerprint density at radius 2 is 2.00 bits per heavy atom. The van der Waals surface area contributed by atoms with Crippen molar-refractivity contribution < 1.29 is 14.1 Å². The summed E-state index contributed by atoms with van der Waals surface area (Å²) in [5.74, 6) is -0.704. The molecular formula is C19H15N5O4. The Kier molecular flexibility index (Phi) is 4.11. The highest BCUT2D eigenvalue weighted by molar-refractivity contribution is 6.02. The van der Waals surface area contributed by atoms with E-state index in [4.69, 9.17) is 4.42 Å². The second-order valence-electron chi connectivity index (χ2n) is 6.22. The molecule has 2 aromatic heterocycles. The minimum atomic E-state index is -0.588.